The molecule has 1 aliphatic carbocycles. The molecule has 0 unspecified atom stereocenters. The minimum Gasteiger partial charge on any atom is -0.496 e. The predicted octanol–water partition coefficient (Wildman–Crippen LogP) is 3.41. The molecule has 0 atom stereocenters. The van der Waals surface area contributed by atoms with E-state index in [0.29, 0.717) is 0 Å². The Morgan fingerprint density at radius 1 is 1.11 bits per heavy atom. The van der Waals surface area contributed by atoms with Gasteiger partial charge < -0.3 is 9.84 Å². The molecule has 0 heterocycles. The van der Waals surface area contributed by atoms with Crippen LogP contribution in [0.15, 0.2) is 12.1 Å². The lowest BCUT2D eigenvalue weighted by Crippen LogP contribution is -2.19. The van der Waals surface area contributed by atoms with Crippen LogP contribution in [0.2, 0.25) is 0 Å². The molecule has 1 N–H and O–H groups in total. The molecular formula is C16H24O2. The number of methoxy groups -OCH3 is 1. The Bertz CT molecular complexity index is 404. The van der Waals surface area contributed by atoms with Gasteiger partial charge in [0.25, 0.3) is 0 Å². The molecule has 2 rings (SSSR count). The lowest BCUT2D eigenvalue weighted by atomic mass is 9.82. The number of ether oxygens (including phenoxy) is 1. The van der Waals surface area contributed by atoms with Gasteiger partial charge in [-0.3, -0.25) is 0 Å². The zero-order valence-corrected chi connectivity index (χ0v) is 11.7. The fraction of sp³-hybridized carbons (Fsp3) is 0.625. The summed E-state index contributed by atoms with van der Waals surface area (Å²) >= 11 is 0. The third-order valence-corrected chi connectivity index (χ3v) is 4.39. The quantitative estimate of drug-likeness (QED) is 0.888. The lowest BCUT2D eigenvalue weighted by molar-refractivity contribution is 0.108. The van der Waals surface area contributed by atoms with E-state index in [0.717, 1.165) is 43.8 Å². The lowest BCUT2D eigenvalue weighted by Gasteiger charge is -2.26. The standard InChI is InChI=1S/C16H24O2/c1-11-12(2)16(18-3)9-6-14(11)10-13-4-7-15(17)8-5-13/h6,9,13,15,17H,4-5,7-8,10H2,1-3H3. The fourth-order valence-electron chi connectivity index (χ4n) is 2.95. The average molecular weight is 248 g/mol. The van der Waals surface area contributed by atoms with Gasteiger partial charge in [0.15, 0.2) is 0 Å². The average Bonchev–Trinajstić information content (AvgIpc) is 2.38. The maximum atomic E-state index is 9.54. The van der Waals surface area contributed by atoms with Crippen molar-refractivity contribution >= 4 is 0 Å². The van der Waals surface area contributed by atoms with Crippen molar-refractivity contribution in [3.8, 4) is 5.75 Å². The molecule has 0 amide bonds. The molecule has 1 fully saturated rings. The molecule has 1 aliphatic rings. The Morgan fingerprint density at radius 3 is 2.39 bits per heavy atom. The van der Waals surface area contributed by atoms with Crippen LogP contribution in [-0.4, -0.2) is 18.3 Å². The van der Waals surface area contributed by atoms with Crippen molar-refractivity contribution in [3.05, 3.63) is 28.8 Å². The van der Waals surface area contributed by atoms with Crippen LogP contribution >= 0.6 is 0 Å². The molecule has 0 aliphatic heterocycles. The minimum atomic E-state index is -0.0556. The first kappa shape index (κ1) is 13.4. The molecular weight excluding hydrogens is 224 g/mol. The monoisotopic (exact) mass is 248 g/mol. The zero-order valence-electron chi connectivity index (χ0n) is 11.7. The van der Waals surface area contributed by atoms with Crippen molar-refractivity contribution in [3.63, 3.8) is 0 Å². The highest BCUT2D eigenvalue weighted by molar-refractivity contribution is 5.43. The minimum absolute atomic E-state index is 0.0556. The Hall–Kier alpha value is -1.02. The SMILES string of the molecule is COc1ccc(CC2CCC(O)CC2)c(C)c1C. The van der Waals surface area contributed by atoms with Gasteiger partial charge in [0.1, 0.15) is 5.75 Å². The molecule has 0 bridgehead atoms. The summed E-state index contributed by atoms with van der Waals surface area (Å²) in [5.41, 5.74) is 4.06. The van der Waals surface area contributed by atoms with E-state index in [-0.39, 0.29) is 6.10 Å². The maximum Gasteiger partial charge on any atom is 0.122 e. The van der Waals surface area contributed by atoms with Crippen molar-refractivity contribution in [1.29, 1.82) is 0 Å². The van der Waals surface area contributed by atoms with Crippen molar-refractivity contribution in [1.82, 2.24) is 0 Å². The van der Waals surface area contributed by atoms with Crippen LogP contribution in [0, 0.1) is 19.8 Å². The fourth-order valence-corrected chi connectivity index (χ4v) is 2.95. The smallest absolute Gasteiger partial charge is 0.122 e. The summed E-state index contributed by atoms with van der Waals surface area (Å²) in [6.45, 7) is 4.31. The molecule has 2 heteroatoms. The Kier molecular flexibility index (Phi) is 4.28. The second-order valence-electron chi connectivity index (χ2n) is 5.56. The number of benzene rings is 1. The maximum absolute atomic E-state index is 9.54. The van der Waals surface area contributed by atoms with E-state index in [4.69, 9.17) is 4.74 Å². The Labute approximate surface area is 110 Å². The predicted molar refractivity (Wildman–Crippen MR) is 74.1 cm³/mol. The number of hydrogen-bond donors (Lipinski definition) is 1. The van der Waals surface area contributed by atoms with E-state index in [2.05, 4.69) is 26.0 Å². The first-order valence-electron chi connectivity index (χ1n) is 6.93. The number of aliphatic hydroxyl groups excluding tert-OH is 1. The van der Waals surface area contributed by atoms with Crippen LogP contribution in [-0.2, 0) is 6.42 Å². The first-order chi connectivity index (χ1) is 8.61. The molecule has 18 heavy (non-hydrogen) atoms. The van der Waals surface area contributed by atoms with Gasteiger partial charge in [0.2, 0.25) is 0 Å². The van der Waals surface area contributed by atoms with Crippen LogP contribution < -0.4 is 4.74 Å². The highest BCUT2D eigenvalue weighted by atomic mass is 16.5. The molecule has 0 saturated heterocycles. The second-order valence-corrected chi connectivity index (χ2v) is 5.56. The van der Waals surface area contributed by atoms with Gasteiger partial charge in [-0.2, -0.15) is 0 Å². The van der Waals surface area contributed by atoms with E-state index in [1.54, 1.807) is 7.11 Å². The van der Waals surface area contributed by atoms with E-state index in [1.165, 1.54) is 16.7 Å². The van der Waals surface area contributed by atoms with Gasteiger partial charge in [-0.25, -0.2) is 0 Å². The topological polar surface area (TPSA) is 29.5 Å². The van der Waals surface area contributed by atoms with Crippen LogP contribution in [0.3, 0.4) is 0 Å². The van der Waals surface area contributed by atoms with Gasteiger partial charge in [0, 0.05) is 0 Å². The van der Waals surface area contributed by atoms with Gasteiger partial charge in [-0.05, 0) is 74.6 Å². The first-order valence-corrected chi connectivity index (χ1v) is 6.93. The summed E-state index contributed by atoms with van der Waals surface area (Å²) in [4.78, 5) is 0. The number of hydrogen-bond acceptors (Lipinski definition) is 2. The molecule has 0 radical (unpaired) electrons. The van der Waals surface area contributed by atoms with Crippen LogP contribution in [0.25, 0.3) is 0 Å². The normalized spacial score (nSPS) is 24.0. The summed E-state index contributed by atoms with van der Waals surface area (Å²) in [6.07, 6.45) is 5.35. The highest BCUT2D eigenvalue weighted by Gasteiger charge is 2.20. The van der Waals surface area contributed by atoms with E-state index < -0.39 is 0 Å². The summed E-state index contributed by atoms with van der Waals surface area (Å²) in [5, 5.41) is 9.54. The zero-order chi connectivity index (χ0) is 13.1. The van der Waals surface area contributed by atoms with Crippen molar-refractivity contribution in [2.45, 2.75) is 52.1 Å². The third kappa shape index (κ3) is 2.86. The Balaban J connectivity index is 2.08. The second kappa shape index (κ2) is 5.75. The number of aliphatic hydroxyl groups is 1. The van der Waals surface area contributed by atoms with Crippen LogP contribution in [0.4, 0.5) is 0 Å². The van der Waals surface area contributed by atoms with Gasteiger partial charge in [-0.1, -0.05) is 6.07 Å². The van der Waals surface area contributed by atoms with Crippen LogP contribution in [0.1, 0.15) is 42.4 Å². The molecule has 1 aromatic rings. The van der Waals surface area contributed by atoms with E-state index >= 15 is 0 Å². The van der Waals surface area contributed by atoms with E-state index in [9.17, 15) is 5.11 Å². The van der Waals surface area contributed by atoms with Gasteiger partial charge in [-0.15, -0.1) is 0 Å². The van der Waals surface area contributed by atoms with Gasteiger partial charge >= 0.3 is 0 Å². The summed E-state index contributed by atoms with van der Waals surface area (Å²) in [7, 11) is 1.73. The molecule has 100 valence electrons. The summed E-state index contributed by atoms with van der Waals surface area (Å²) < 4.78 is 5.35. The van der Waals surface area contributed by atoms with Crippen molar-refractivity contribution < 1.29 is 9.84 Å². The molecule has 1 saturated carbocycles. The Morgan fingerprint density at radius 2 is 1.78 bits per heavy atom. The molecule has 0 spiro atoms. The molecule has 2 nitrogen and oxygen atoms in total. The van der Waals surface area contributed by atoms with E-state index in [1.807, 2.05) is 0 Å². The number of rotatable bonds is 3. The molecule has 0 aromatic heterocycles. The summed E-state index contributed by atoms with van der Waals surface area (Å²) in [5.74, 6) is 1.72. The highest BCUT2D eigenvalue weighted by Crippen LogP contribution is 2.31. The van der Waals surface area contributed by atoms with Gasteiger partial charge in [0.05, 0.1) is 13.2 Å². The largest absolute Gasteiger partial charge is 0.496 e. The van der Waals surface area contributed by atoms with Crippen molar-refractivity contribution in [2.75, 3.05) is 7.11 Å². The van der Waals surface area contributed by atoms with Crippen molar-refractivity contribution in [2.24, 2.45) is 5.92 Å². The molecule has 1 aromatic carbocycles. The third-order valence-electron chi connectivity index (χ3n) is 4.39. The van der Waals surface area contributed by atoms with Crippen LogP contribution in [0.5, 0.6) is 5.75 Å². The summed E-state index contributed by atoms with van der Waals surface area (Å²) in [6, 6.07) is 4.28.